The van der Waals surface area contributed by atoms with Crippen LogP contribution in [0.2, 0.25) is 0 Å². The monoisotopic (exact) mass is 449 g/mol. The van der Waals surface area contributed by atoms with Gasteiger partial charge in [0.25, 0.3) is 0 Å². The van der Waals surface area contributed by atoms with E-state index < -0.39 is 0 Å². The largest absolute Gasteiger partial charge is 0.495 e. The molecule has 2 heterocycles. The number of anilines is 3. The third-order valence-electron chi connectivity index (χ3n) is 5.33. The summed E-state index contributed by atoms with van der Waals surface area (Å²) in [5, 5.41) is 3.71. The summed E-state index contributed by atoms with van der Waals surface area (Å²) in [4.78, 5) is 25.9. The van der Waals surface area contributed by atoms with E-state index in [1.807, 2.05) is 37.3 Å². The first-order valence-electron chi connectivity index (χ1n) is 10.6. The van der Waals surface area contributed by atoms with Gasteiger partial charge < -0.3 is 19.9 Å². The van der Waals surface area contributed by atoms with Crippen molar-refractivity contribution in [3.8, 4) is 5.75 Å². The maximum atomic E-state index is 12.5. The maximum absolute atomic E-state index is 12.5. The van der Waals surface area contributed by atoms with Crippen LogP contribution in [0.15, 0.2) is 66.0 Å². The van der Waals surface area contributed by atoms with E-state index in [0.29, 0.717) is 11.4 Å². The van der Waals surface area contributed by atoms with Crippen LogP contribution < -0.4 is 19.9 Å². The van der Waals surface area contributed by atoms with Crippen molar-refractivity contribution in [2.75, 3.05) is 54.2 Å². The summed E-state index contributed by atoms with van der Waals surface area (Å²) in [7, 11) is 1.59. The molecule has 1 aliphatic heterocycles. The van der Waals surface area contributed by atoms with Crippen molar-refractivity contribution in [3.05, 3.63) is 66.5 Å². The molecule has 2 aromatic carbocycles. The quantitative estimate of drug-likeness (QED) is 0.434. The highest BCUT2D eigenvalue weighted by Gasteiger charge is 2.19. The van der Waals surface area contributed by atoms with Gasteiger partial charge in [-0.2, -0.15) is 0 Å². The number of ether oxygens (including phenoxy) is 1. The zero-order valence-corrected chi connectivity index (χ0v) is 19.1. The van der Waals surface area contributed by atoms with Crippen LogP contribution in [0.5, 0.6) is 5.75 Å². The SMILES string of the molecule is COc1ccc(C)cc1NC(=O)CSc1cc(N2CCN(c3ccccc3)CC2)ncn1. The van der Waals surface area contributed by atoms with E-state index in [9.17, 15) is 4.79 Å². The third-order valence-corrected chi connectivity index (χ3v) is 6.26. The van der Waals surface area contributed by atoms with Crippen LogP contribution >= 0.6 is 11.8 Å². The zero-order chi connectivity index (χ0) is 22.3. The first-order valence-corrected chi connectivity index (χ1v) is 11.6. The van der Waals surface area contributed by atoms with Crippen LogP contribution in [0.25, 0.3) is 0 Å². The summed E-state index contributed by atoms with van der Waals surface area (Å²) < 4.78 is 5.33. The molecule has 0 unspecified atom stereocenters. The van der Waals surface area contributed by atoms with Gasteiger partial charge in [-0.1, -0.05) is 36.0 Å². The number of nitrogens with one attached hydrogen (secondary N) is 1. The van der Waals surface area contributed by atoms with Crippen molar-refractivity contribution in [1.29, 1.82) is 0 Å². The number of piperazine rings is 1. The van der Waals surface area contributed by atoms with Crippen LogP contribution in [0.3, 0.4) is 0 Å². The molecule has 1 aliphatic rings. The molecule has 1 N–H and O–H groups in total. The summed E-state index contributed by atoms with van der Waals surface area (Å²) in [5.74, 6) is 1.70. The topological polar surface area (TPSA) is 70.6 Å². The van der Waals surface area contributed by atoms with Crippen molar-refractivity contribution in [1.82, 2.24) is 9.97 Å². The Hall–Kier alpha value is -3.26. The lowest BCUT2D eigenvalue weighted by Gasteiger charge is -2.36. The Bertz CT molecular complexity index is 1060. The molecule has 1 aromatic heterocycles. The van der Waals surface area contributed by atoms with Crippen molar-refractivity contribution >= 4 is 34.9 Å². The van der Waals surface area contributed by atoms with E-state index in [0.717, 1.165) is 42.6 Å². The molecule has 0 atom stereocenters. The van der Waals surface area contributed by atoms with Crippen molar-refractivity contribution < 1.29 is 9.53 Å². The molecule has 0 aliphatic carbocycles. The van der Waals surface area contributed by atoms with Gasteiger partial charge in [-0.25, -0.2) is 9.97 Å². The minimum absolute atomic E-state index is 0.101. The number of aromatic nitrogens is 2. The Balaban J connectivity index is 1.32. The van der Waals surface area contributed by atoms with Gasteiger partial charge in [0.1, 0.15) is 22.9 Å². The van der Waals surface area contributed by atoms with E-state index in [1.165, 1.54) is 17.4 Å². The Morgan fingerprint density at radius 2 is 1.78 bits per heavy atom. The number of aryl methyl sites for hydroxylation is 1. The van der Waals surface area contributed by atoms with Gasteiger partial charge >= 0.3 is 0 Å². The maximum Gasteiger partial charge on any atom is 0.234 e. The molecule has 0 spiro atoms. The zero-order valence-electron chi connectivity index (χ0n) is 18.3. The number of methoxy groups -OCH3 is 1. The molecule has 1 fully saturated rings. The molecule has 32 heavy (non-hydrogen) atoms. The fourth-order valence-electron chi connectivity index (χ4n) is 3.66. The minimum atomic E-state index is -0.101. The Kier molecular flexibility index (Phi) is 7.11. The highest BCUT2D eigenvalue weighted by atomic mass is 32.2. The molecule has 1 amide bonds. The summed E-state index contributed by atoms with van der Waals surface area (Å²) in [6.45, 7) is 5.65. The second-order valence-corrected chi connectivity index (χ2v) is 8.56. The first kappa shape index (κ1) is 22.0. The van der Waals surface area contributed by atoms with E-state index in [1.54, 1.807) is 13.4 Å². The van der Waals surface area contributed by atoms with Crippen LogP contribution in [-0.2, 0) is 4.79 Å². The number of nitrogens with zero attached hydrogens (tertiary/aromatic N) is 4. The van der Waals surface area contributed by atoms with Gasteiger partial charge in [-0.15, -0.1) is 0 Å². The summed E-state index contributed by atoms with van der Waals surface area (Å²) >= 11 is 1.40. The van der Waals surface area contributed by atoms with Crippen molar-refractivity contribution in [3.63, 3.8) is 0 Å². The summed E-state index contributed by atoms with van der Waals surface area (Å²) in [5.41, 5.74) is 2.99. The fourth-order valence-corrected chi connectivity index (χ4v) is 4.32. The average Bonchev–Trinajstić information content (AvgIpc) is 2.84. The van der Waals surface area contributed by atoms with E-state index in [4.69, 9.17) is 4.74 Å². The Morgan fingerprint density at radius 3 is 2.53 bits per heavy atom. The molecule has 3 aromatic rings. The van der Waals surface area contributed by atoms with Gasteiger partial charge in [0.05, 0.1) is 18.6 Å². The van der Waals surface area contributed by atoms with Crippen molar-refractivity contribution in [2.24, 2.45) is 0 Å². The second kappa shape index (κ2) is 10.4. The van der Waals surface area contributed by atoms with Gasteiger partial charge in [0, 0.05) is 37.9 Å². The molecular weight excluding hydrogens is 422 g/mol. The molecule has 7 nitrogen and oxygen atoms in total. The molecule has 0 radical (unpaired) electrons. The molecule has 166 valence electrons. The number of hydrogen-bond donors (Lipinski definition) is 1. The Morgan fingerprint density at radius 1 is 1.03 bits per heavy atom. The number of benzene rings is 2. The number of hydrogen-bond acceptors (Lipinski definition) is 7. The Labute approximate surface area is 192 Å². The average molecular weight is 450 g/mol. The fraction of sp³-hybridized carbons (Fsp3) is 0.292. The van der Waals surface area contributed by atoms with Gasteiger partial charge in [0.15, 0.2) is 0 Å². The van der Waals surface area contributed by atoms with Crippen LogP contribution in [0, 0.1) is 6.92 Å². The number of rotatable bonds is 7. The highest BCUT2D eigenvalue weighted by Crippen LogP contribution is 2.26. The highest BCUT2D eigenvalue weighted by molar-refractivity contribution is 7.99. The third kappa shape index (κ3) is 5.50. The number of carbonyl (C=O) groups excluding carboxylic acids is 1. The van der Waals surface area contributed by atoms with Crippen LogP contribution in [0.1, 0.15) is 5.56 Å². The van der Waals surface area contributed by atoms with Gasteiger partial charge in [0.2, 0.25) is 5.91 Å². The van der Waals surface area contributed by atoms with Crippen molar-refractivity contribution in [2.45, 2.75) is 11.9 Å². The molecule has 4 rings (SSSR count). The predicted molar refractivity (Wildman–Crippen MR) is 130 cm³/mol. The van der Waals surface area contributed by atoms with Crippen LogP contribution in [0.4, 0.5) is 17.2 Å². The molecule has 0 saturated carbocycles. The normalized spacial score (nSPS) is 13.7. The molecule has 0 bridgehead atoms. The number of thioether (sulfide) groups is 1. The smallest absolute Gasteiger partial charge is 0.234 e. The van der Waals surface area contributed by atoms with E-state index in [2.05, 4.69) is 49.4 Å². The number of amides is 1. The lowest BCUT2D eigenvalue weighted by Crippen LogP contribution is -2.46. The van der Waals surface area contributed by atoms with E-state index in [-0.39, 0.29) is 11.7 Å². The summed E-state index contributed by atoms with van der Waals surface area (Å²) in [6.07, 6.45) is 1.57. The second-order valence-electron chi connectivity index (χ2n) is 7.56. The summed E-state index contributed by atoms with van der Waals surface area (Å²) in [6, 6.07) is 18.1. The number of carbonyl (C=O) groups is 1. The van der Waals surface area contributed by atoms with E-state index >= 15 is 0 Å². The lowest BCUT2D eigenvalue weighted by molar-refractivity contribution is -0.113. The first-order chi connectivity index (χ1) is 15.6. The predicted octanol–water partition coefficient (Wildman–Crippen LogP) is 3.85. The van der Waals surface area contributed by atoms with Gasteiger partial charge in [-0.3, -0.25) is 4.79 Å². The number of para-hydroxylation sites is 1. The molecule has 8 heteroatoms. The lowest BCUT2D eigenvalue weighted by atomic mass is 10.2. The minimum Gasteiger partial charge on any atom is -0.495 e. The van der Waals surface area contributed by atoms with Gasteiger partial charge in [-0.05, 0) is 36.8 Å². The standard InChI is InChI=1S/C24H27N5O2S/c1-18-8-9-21(31-2)20(14-18)27-23(30)16-32-24-15-22(25-17-26-24)29-12-10-28(11-13-29)19-6-4-3-5-7-19/h3-9,14-15,17H,10-13,16H2,1-2H3,(H,27,30). The molecular formula is C24H27N5O2S. The van der Waals surface area contributed by atoms with Crippen LogP contribution in [-0.4, -0.2) is 54.9 Å². The molecule has 1 saturated heterocycles.